The van der Waals surface area contributed by atoms with Crippen molar-refractivity contribution in [2.75, 3.05) is 32.7 Å². The van der Waals surface area contributed by atoms with Crippen LogP contribution in [0.3, 0.4) is 0 Å². The van der Waals surface area contributed by atoms with Gasteiger partial charge >= 0.3 is 0 Å². The predicted molar refractivity (Wildman–Crippen MR) is 91.4 cm³/mol. The van der Waals surface area contributed by atoms with Crippen LogP contribution >= 0.6 is 22.9 Å². The van der Waals surface area contributed by atoms with E-state index in [-0.39, 0.29) is 5.91 Å². The van der Waals surface area contributed by atoms with Gasteiger partial charge in [0.2, 0.25) is 5.91 Å². The minimum absolute atomic E-state index is 0.199. The third-order valence-electron chi connectivity index (χ3n) is 4.56. The van der Waals surface area contributed by atoms with E-state index >= 15 is 0 Å². The lowest BCUT2D eigenvalue weighted by Crippen LogP contribution is -2.49. The Balaban J connectivity index is 1.37. The fourth-order valence-electron chi connectivity index (χ4n) is 3.31. The summed E-state index contributed by atoms with van der Waals surface area (Å²) in [6.07, 6.45) is 4.83. The molecule has 0 aromatic carbocycles. The average Bonchev–Trinajstić information content (AvgIpc) is 3.13. The number of amides is 1. The van der Waals surface area contributed by atoms with Crippen molar-refractivity contribution >= 4 is 28.8 Å². The molecule has 6 heteroatoms. The highest BCUT2D eigenvalue weighted by Crippen LogP contribution is 2.23. The molecule has 2 aliphatic rings. The molecule has 0 atom stereocenters. The van der Waals surface area contributed by atoms with Crippen molar-refractivity contribution in [3.8, 4) is 0 Å². The molecule has 1 aliphatic heterocycles. The Labute approximate surface area is 141 Å². The molecule has 122 valence electrons. The van der Waals surface area contributed by atoms with E-state index in [9.17, 15) is 4.79 Å². The zero-order valence-electron chi connectivity index (χ0n) is 12.9. The SMILES string of the molecule is O=C(CN1CCN(Cc2ccc(Cl)s2)CC1)NC1CCCC1. The van der Waals surface area contributed by atoms with Crippen LogP contribution in [0.1, 0.15) is 30.6 Å². The highest BCUT2D eigenvalue weighted by molar-refractivity contribution is 7.16. The van der Waals surface area contributed by atoms with Gasteiger partial charge in [-0.05, 0) is 25.0 Å². The molecular formula is C16H24ClN3OS. The number of hydrogen-bond donors (Lipinski definition) is 1. The van der Waals surface area contributed by atoms with Crippen LogP contribution in [0.25, 0.3) is 0 Å². The van der Waals surface area contributed by atoms with E-state index in [2.05, 4.69) is 21.2 Å². The van der Waals surface area contributed by atoms with E-state index in [0.717, 1.165) is 49.9 Å². The van der Waals surface area contributed by atoms with Gasteiger partial charge in [0, 0.05) is 43.6 Å². The van der Waals surface area contributed by atoms with Gasteiger partial charge < -0.3 is 5.32 Å². The van der Waals surface area contributed by atoms with Gasteiger partial charge in [0.1, 0.15) is 0 Å². The second kappa shape index (κ2) is 7.77. The first-order chi connectivity index (χ1) is 10.7. The molecule has 0 bridgehead atoms. The first kappa shape index (κ1) is 16.2. The van der Waals surface area contributed by atoms with Gasteiger partial charge in [-0.2, -0.15) is 0 Å². The number of hydrogen-bond acceptors (Lipinski definition) is 4. The van der Waals surface area contributed by atoms with Crippen molar-refractivity contribution in [1.29, 1.82) is 0 Å². The highest BCUT2D eigenvalue weighted by atomic mass is 35.5. The number of halogens is 1. The average molecular weight is 342 g/mol. The maximum Gasteiger partial charge on any atom is 0.234 e. The monoisotopic (exact) mass is 341 g/mol. The minimum Gasteiger partial charge on any atom is -0.352 e. The minimum atomic E-state index is 0.199. The molecule has 0 radical (unpaired) electrons. The molecule has 1 aliphatic carbocycles. The fourth-order valence-corrected chi connectivity index (χ4v) is 4.44. The van der Waals surface area contributed by atoms with E-state index in [0.29, 0.717) is 12.6 Å². The molecule has 1 saturated heterocycles. The number of nitrogens with one attached hydrogen (secondary N) is 1. The molecule has 1 aromatic heterocycles. The van der Waals surface area contributed by atoms with Gasteiger partial charge in [0.15, 0.2) is 0 Å². The number of piperazine rings is 1. The molecule has 0 spiro atoms. The first-order valence-corrected chi connectivity index (χ1v) is 9.37. The Morgan fingerprint density at radius 2 is 1.86 bits per heavy atom. The molecule has 0 unspecified atom stereocenters. The van der Waals surface area contributed by atoms with Gasteiger partial charge in [-0.3, -0.25) is 14.6 Å². The topological polar surface area (TPSA) is 35.6 Å². The number of thiophene rings is 1. The molecule has 1 N–H and O–H groups in total. The number of rotatable bonds is 5. The summed E-state index contributed by atoms with van der Waals surface area (Å²) < 4.78 is 0.859. The van der Waals surface area contributed by atoms with Crippen LogP contribution < -0.4 is 5.32 Å². The third-order valence-corrected chi connectivity index (χ3v) is 5.78. The fraction of sp³-hybridized carbons (Fsp3) is 0.688. The smallest absolute Gasteiger partial charge is 0.234 e. The van der Waals surface area contributed by atoms with Crippen LogP contribution in [-0.4, -0.2) is 54.5 Å². The predicted octanol–water partition coefficient (Wildman–Crippen LogP) is 2.58. The van der Waals surface area contributed by atoms with Gasteiger partial charge in [-0.25, -0.2) is 0 Å². The van der Waals surface area contributed by atoms with E-state index in [1.54, 1.807) is 11.3 Å². The second-order valence-electron chi connectivity index (χ2n) is 6.31. The Kier molecular flexibility index (Phi) is 5.74. The van der Waals surface area contributed by atoms with E-state index in [4.69, 9.17) is 11.6 Å². The van der Waals surface area contributed by atoms with Crippen LogP contribution in [0.15, 0.2) is 12.1 Å². The maximum absolute atomic E-state index is 12.1. The highest BCUT2D eigenvalue weighted by Gasteiger charge is 2.22. The van der Waals surface area contributed by atoms with Crippen LogP contribution in [0.2, 0.25) is 4.34 Å². The molecule has 1 aromatic rings. The molecule has 1 saturated carbocycles. The van der Waals surface area contributed by atoms with Crippen molar-refractivity contribution in [3.63, 3.8) is 0 Å². The summed E-state index contributed by atoms with van der Waals surface area (Å²) in [5, 5.41) is 3.17. The summed E-state index contributed by atoms with van der Waals surface area (Å²) in [5.41, 5.74) is 0. The number of nitrogens with zero attached hydrogens (tertiary/aromatic N) is 2. The van der Waals surface area contributed by atoms with E-state index < -0.39 is 0 Å². The summed E-state index contributed by atoms with van der Waals surface area (Å²) in [6, 6.07) is 4.50. The molecular weight excluding hydrogens is 318 g/mol. The summed E-state index contributed by atoms with van der Waals surface area (Å²) in [4.78, 5) is 18.1. The van der Waals surface area contributed by atoms with Gasteiger partial charge in [0.05, 0.1) is 10.9 Å². The van der Waals surface area contributed by atoms with Crippen LogP contribution in [0, 0.1) is 0 Å². The Morgan fingerprint density at radius 3 is 2.50 bits per heavy atom. The lowest BCUT2D eigenvalue weighted by molar-refractivity contribution is -0.123. The van der Waals surface area contributed by atoms with Crippen molar-refractivity contribution < 1.29 is 4.79 Å². The quantitative estimate of drug-likeness (QED) is 0.894. The van der Waals surface area contributed by atoms with Crippen molar-refractivity contribution in [1.82, 2.24) is 15.1 Å². The number of carbonyl (C=O) groups excluding carboxylic acids is 1. The Bertz CT molecular complexity index is 493. The standard InChI is InChI=1S/C16H24ClN3OS/c17-15-6-5-14(22-15)11-19-7-9-20(10-8-19)12-16(21)18-13-3-1-2-4-13/h5-6,13H,1-4,7-12H2,(H,18,21). The summed E-state index contributed by atoms with van der Waals surface area (Å²) in [7, 11) is 0. The maximum atomic E-state index is 12.1. The van der Waals surface area contributed by atoms with Crippen molar-refractivity contribution in [2.24, 2.45) is 0 Å². The van der Waals surface area contributed by atoms with Gasteiger partial charge in [0.25, 0.3) is 0 Å². The summed E-state index contributed by atoms with van der Waals surface area (Å²) in [5.74, 6) is 0.199. The van der Waals surface area contributed by atoms with Crippen LogP contribution in [0.4, 0.5) is 0 Å². The largest absolute Gasteiger partial charge is 0.352 e. The van der Waals surface area contributed by atoms with Crippen molar-refractivity contribution in [3.05, 3.63) is 21.3 Å². The first-order valence-electron chi connectivity index (χ1n) is 8.17. The molecule has 3 rings (SSSR count). The lowest BCUT2D eigenvalue weighted by atomic mass is 10.2. The Hall–Kier alpha value is -0.620. The normalized spacial score (nSPS) is 21.3. The van der Waals surface area contributed by atoms with Crippen molar-refractivity contribution in [2.45, 2.75) is 38.3 Å². The molecule has 2 heterocycles. The molecule has 22 heavy (non-hydrogen) atoms. The number of carbonyl (C=O) groups is 1. The lowest BCUT2D eigenvalue weighted by Gasteiger charge is -2.34. The zero-order valence-corrected chi connectivity index (χ0v) is 14.5. The van der Waals surface area contributed by atoms with E-state index in [1.165, 1.54) is 17.7 Å². The Morgan fingerprint density at radius 1 is 1.18 bits per heavy atom. The van der Waals surface area contributed by atoms with E-state index in [1.807, 2.05) is 6.07 Å². The summed E-state index contributed by atoms with van der Waals surface area (Å²) in [6.45, 7) is 5.50. The molecule has 4 nitrogen and oxygen atoms in total. The van der Waals surface area contributed by atoms with Crippen LogP contribution in [0.5, 0.6) is 0 Å². The summed E-state index contributed by atoms with van der Waals surface area (Å²) >= 11 is 7.63. The second-order valence-corrected chi connectivity index (χ2v) is 8.11. The molecule has 2 fully saturated rings. The van der Waals surface area contributed by atoms with Crippen LogP contribution in [-0.2, 0) is 11.3 Å². The molecule has 1 amide bonds. The third kappa shape index (κ3) is 4.69. The zero-order chi connectivity index (χ0) is 15.4. The van der Waals surface area contributed by atoms with Gasteiger partial charge in [-0.15, -0.1) is 11.3 Å². The van der Waals surface area contributed by atoms with Gasteiger partial charge in [-0.1, -0.05) is 24.4 Å².